The highest BCUT2D eigenvalue weighted by Gasteiger charge is 2.34. The van der Waals surface area contributed by atoms with E-state index in [2.05, 4.69) is 45.9 Å². The van der Waals surface area contributed by atoms with Gasteiger partial charge in [0.2, 0.25) is 25.9 Å². The molecule has 192 valence electrons. The molecular formula is C20H26N10O4S2. The molecule has 4 heterocycles. The molecule has 2 aliphatic rings. The predicted octanol–water partition coefficient (Wildman–Crippen LogP) is -1.37. The van der Waals surface area contributed by atoms with Gasteiger partial charge in [-0.3, -0.25) is 0 Å². The molecule has 36 heavy (non-hydrogen) atoms. The van der Waals surface area contributed by atoms with Crippen LogP contribution in [-0.2, 0) is 20.0 Å². The molecule has 2 saturated heterocycles. The minimum Gasteiger partial charge on any atom is -0.354 e. The minimum absolute atomic E-state index is 0.0666. The maximum atomic E-state index is 13.4. The van der Waals surface area contributed by atoms with E-state index in [0.717, 1.165) is 13.1 Å². The molecule has 0 saturated carbocycles. The van der Waals surface area contributed by atoms with Crippen molar-refractivity contribution in [2.75, 3.05) is 44.2 Å². The summed E-state index contributed by atoms with van der Waals surface area (Å²) in [5.41, 5.74) is 0.882. The van der Waals surface area contributed by atoms with E-state index in [4.69, 9.17) is 5.14 Å². The molecule has 5 rings (SSSR count). The van der Waals surface area contributed by atoms with Gasteiger partial charge in [0.1, 0.15) is 15.6 Å². The number of tetrazole rings is 1. The van der Waals surface area contributed by atoms with E-state index in [1.54, 1.807) is 18.3 Å². The van der Waals surface area contributed by atoms with Gasteiger partial charge in [0.15, 0.2) is 0 Å². The zero-order valence-corrected chi connectivity index (χ0v) is 20.8. The molecule has 0 radical (unpaired) electrons. The van der Waals surface area contributed by atoms with Gasteiger partial charge >= 0.3 is 0 Å². The third kappa shape index (κ3) is 4.82. The van der Waals surface area contributed by atoms with Crippen LogP contribution in [0.3, 0.4) is 0 Å². The third-order valence-corrected chi connectivity index (χ3v) is 8.83. The Hall–Kier alpha value is -3.02. The number of rotatable bonds is 7. The lowest BCUT2D eigenvalue weighted by atomic mass is 9.99. The Kier molecular flexibility index (Phi) is 6.71. The summed E-state index contributed by atoms with van der Waals surface area (Å²) in [7, 11) is -8.85. The average Bonchev–Trinajstić information content (AvgIpc) is 3.57. The molecule has 0 spiro atoms. The summed E-state index contributed by atoms with van der Waals surface area (Å²) in [6.07, 6.45) is 2.22. The molecule has 6 N–H and O–H groups in total. The summed E-state index contributed by atoms with van der Waals surface area (Å²) in [5.74, 6) is 0.513. The van der Waals surface area contributed by atoms with Crippen molar-refractivity contribution in [3.8, 4) is 22.5 Å². The number of pyridine rings is 1. The molecule has 3 aromatic rings. The Morgan fingerprint density at radius 1 is 1.03 bits per heavy atom. The first-order valence-electron chi connectivity index (χ1n) is 11.3. The first kappa shape index (κ1) is 24.7. The zero-order chi connectivity index (χ0) is 25.3. The van der Waals surface area contributed by atoms with Crippen LogP contribution >= 0.6 is 0 Å². The summed E-state index contributed by atoms with van der Waals surface area (Å²) >= 11 is 0. The number of nitrogens with one attached hydrogen (secondary N) is 4. The molecule has 2 fully saturated rings. The lowest BCUT2D eigenvalue weighted by Gasteiger charge is -2.30. The first-order valence-corrected chi connectivity index (χ1v) is 14.4. The van der Waals surface area contributed by atoms with E-state index in [-0.39, 0.29) is 17.4 Å². The Balaban J connectivity index is 1.75. The summed E-state index contributed by atoms with van der Waals surface area (Å²) < 4.78 is 55.3. The van der Waals surface area contributed by atoms with E-state index in [0.29, 0.717) is 49.5 Å². The molecule has 2 aromatic heterocycles. The van der Waals surface area contributed by atoms with E-state index in [1.807, 2.05) is 0 Å². The molecule has 0 bridgehead atoms. The van der Waals surface area contributed by atoms with Crippen molar-refractivity contribution in [2.45, 2.75) is 22.3 Å². The Morgan fingerprint density at radius 2 is 1.83 bits per heavy atom. The van der Waals surface area contributed by atoms with Gasteiger partial charge in [0.25, 0.3) is 0 Å². The van der Waals surface area contributed by atoms with Crippen LogP contribution in [0.15, 0.2) is 40.3 Å². The second-order valence-electron chi connectivity index (χ2n) is 8.52. The van der Waals surface area contributed by atoms with Gasteiger partial charge < -0.3 is 15.5 Å². The topological polar surface area (TPSA) is 201 Å². The second-order valence-corrected chi connectivity index (χ2v) is 11.7. The molecule has 1 atom stereocenters. The van der Waals surface area contributed by atoms with Gasteiger partial charge in [-0.2, -0.15) is 5.21 Å². The number of anilines is 1. The number of aromatic amines is 1. The van der Waals surface area contributed by atoms with Crippen molar-refractivity contribution in [2.24, 2.45) is 5.14 Å². The number of H-pyrrole nitrogens is 1. The number of hydrogen-bond donors (Lipinski definition) is 5. The highest BCUT2D eigenvalue weighted by Crippen LogP contribution is 2.41. The van der Waals surface area contributed by atoms with Crippen molar-refractivity contribution in [1.29, 1.82) is 0 Å². The summed E-state index contributed by atoms with van der Waals surface area (Å²) in [6.45, 7) is 3.98. The number of aromatic nitrogens is 5. The van der Waals surface area contributed by atoms with Crippen LogP contribution in [-0.4, -0.2) is 87.8 Å². The highest BCUT2D eigenvalue weighted by molar-refractivity contribution is 7.92. The lowest BCUT2D eigenvalue weighted by molar-refractivity contribution is 0.555. The van der Waals surface area contributed by atoms with Crippen molar-refractivity contribution >= 4 is 25.9 Å². The van der Waals surface area contributed by atoms with E-state index in [9.17, 15) is 16.8 Å². The van der Waals surface area contributed by atoms with Crippen molar-refractivity contribution in [3.05, 3.63) is 30.5 Å². The normalized spacial score (nSPS) is 19.0. The maximum absolute atomic E-state index is 13.4. The number of primary sulfonamides is 1. The second kappa shape index (κ2) is 9.79. The molecular weight excluding hydrogens is 508 g/mol. The minimum atomic E-state index is -4.58. The van der Waals surface area contributed by atoms with Crippen molar-refractivity contribution in [3.63, 3.8) is 0 Å². The first-order chi connectivity index (χ1) is 17.3. The van der Waals surface area contributed by atoms with Crippen LogP contribution in [0.1, 0.15) is 6.42 Å². The average molecular weight is 535 g/mol. The van der Waals surface area contributed by atoms with Gasteiger partial charge in [0, 0.05) is 50.5 Å². The number of nitrogens with zero attached hydrogens (tertiary/aromatic N) is 5. The number of piperazine rings is 1. The smallest absolute Gasteiger partial charge is 0.242 e. The Labute approximate surface area is 208 Å². The number of nitrogens with two attached hydrogens (primary N) is 1. The highest BCUT2D eigenvalue weighted by atomic mass is 32.2. The SMILES string of the molecule is NS(=O)(=O)c1c(S(=O)(=O)NC2CCNC2)ccc(-c2cccnc2N2CCNCC2)c1-c1nn[nH]n1. The lowest BCUT2D eigenvalue weighted by Crippen LogP contribution is -2.44. The van der Waals surface area contributed by atoms with Gasteiger partial charge in [-0.25, -0.2) is 31.7 Å². The van der Waals surface area contributed by atoms with Gasteiger partial charge in [-0.05, 0) is 41.9 Å². The van der Waals surface area contributed by atoms with Crippen molar-refractivity contribution < 1.29 is 16.8 Å². The number of hydrogen-bond acceptors (Lipinski definition) is 11. The molecule has 1 aromatic carbocycles. The standard InChI is InChI=1S/C20H26N10O4S2/c21-35(31,32)18-16(36(33,34)27-13-5-7-23-12-13)4-3-14(17(18)19-25-28-29-26-19)15-2-1-6-24-20(15)30-10-8-22-9-11-30/h1-4,6,13,22-23,27H,5,7-12H2,(H2,21,31,32)(H,25,26,28,29). The van der Waals surface area contributed by atoms with Crippen molar-refractivity contribution in [1.82, 2.24) is 41.0 Å². The number of sulfonamides is 2. The molecule has 14 nitrogen and oxygen atoms in total. The molecule has 0 amide bonds. The van der Waals surface area contributed by atoms with Crippen LogP contribution in [0.2, 0.25) is 0 Å². The maximum Gasteiger partial charge on any atom is 0.242 e. The van der Waals surface area contributed by atoms with Gasteiger partial charge in [0.05, 0.1) is 5.56 Å². The van der Waals surface area contributed by atoms with E-state index < -0.39 is 29.8 Å². The van der Waals surface area contributed by atoms with E-state index in [1.165, 1.54) is 12.1 Å². The fourth-order valence-electron chi connectivity index (χ4n) is 4.55. The molecule has 16 heteroatoms. The Bertz CT molecular complexity index is 1450. The van der Waals surface area contributed by atoms with Crippen LogP contribution < -0.4 is 25.4 Å². The van der Waals surface area contributed by atoms with Crippen LogP contribution in [0.4, 0.5) is 5.82 Å². The van der Waals surface area contributed by atoms with Gasteiger partial charge in [-0.1, -0.05) is 6.07 Å². The summed E-state index contributed by atoms with van der Waals surface area (Å²) in [6, 6.07) is 5.90. The quantitative estimate of drug-likeness (QED) is 0.239. The zero-order valence-electron chi connectivity index (χ0n) is 19.2. The third-order valence-electron chi connectivity index (χ3n) is 6.14. The fourth-order valence-corrected chi connectivity index (χ4v) is 7.42. The summed E-state index contributed by atoms with van der Waals surface area (Å²) in [5, 5.41) is 25.8. The fraction of sp³-hybridized carbons (Fsp3) is 0.400. The number of benzene rings is 1. The molecule has 2 aliphatic heterocycles. The summed E-state index contributed by atoms with van der Waals surface area (Å²) in [4.78, 5) is 5.54. The molecule has 0 aliphatic carbocycles. The largest absolute Gasteiger partial charge is 0.354 e. The monoisotopic (exact) mass is 534 g/mol. The Morgan fingerprint density at radius 3 is 2.50 bits per heavy atom. The van der Waals surface area contributed by atoms with Crippen LogP contribution in [0, 0.1) is 0 Å². The molecule has 1 unspecified atom stereocenters. The van der Waals surface area contributed by atoms with Gasteiger partial charge in [-0.15, -0.1) is 10.2 Å². The van der Waals surface area contributed by atoms with Crippen LogP contribution in [0.5, 0.6) is 0 Å². The van der Waals surface area contributed by atoms with Crippen LogP contribution in [0.25, 0.3) is 22.5 Å². The van der Waals surface area contributed by atoms with E-state index >= 15 is 0 Å². The predicted molar refractivity (Wildman–Crippen MR) is 131 cm³/mol.